The first kappa shape index (κ1) is 27.9. The van der Waals surface area contributed by atoms with Crippen molar-refractivity contribution in [3.05, 3.63) is 64.1 Å². The third-order valence-electron chi connectivity index (χ3n) is 8.50. The maximum atomic E-state index is 13.3. The number of likely N-dealkylation sites (tertiary alicyclic amines) is 1. The predicted octanol–water partition coefficient (Wildman–Crippen LogP) is 6.05. The number of hydrogen-bond acceptors (Lipinski definition) is 4. The van der Waals surface area contributed by atoms with E-state index in [1.54, 1.807) is 0 Å². The normalized spacial score (nSPS) is 25.9. The Labute approximate surface area is 236 Å². The Morgan fingerprint density at radius 2 is 1.61 bits per heavy atom. The number of halogens is 2. The summed E-state index contributed by atoms with van der Waals surface area (Å²) in [4.78, 5) is 15.8. The number of sulfonamides is 1. The van der Waals surface area contributed by atoms with Crippen molar-refractivity contribution in [1.29, 1.82) is 0 Å². The predicted molar refractivity (Wildman–Crippen MR) is 152 cm³/mol. The molecule has 1 saturated carbocycles. The molecule has 0 spiro atoms. The lowest BCUT2D eigenvalue weighted by Gasteiger charge is -2.39. The van der Waals surface area contributed by atoms with Crippen LogP contribution in [0.25, 0.3) is 0 Å². The van der Waals surface area contributed by atoms with Crippen LogP contribution in [0.15, 0.2) is 53.4 Å². The lowest BCUT2D eigenvalue weighted by Crippen LogP contribution is -2.43. The van der Waals surface area contributed by atoms with Crippen molar-refractivity contribution in [2.75, 3.05) is 19.6 Å². The molecular weight excluding hydrogens is 541 g/mol. The largest absolute Gasteiger partial charge is 0.353 e. The highest BCUT2D eigenvalue weighted by Gasteiger charge is 2.38. The molecule has 2 aromatic rings. The second-order valence-corrected chi connectivity index (χ2v) is 13.7. The smallest absolute Gasteiger partial charge is 0.243 e. The van der Waals surface area contributed by atoms with Crippen LogP contribution in [-0.4, -0.2) is 55.2 Å². The van der Waals surface area contributed by atoms with Crippen LogP contribution in [0.1, 0.15) is 69.4 Å². The maximum Gasteiger partial charge on any atom is 0.243 e. The van der Waals surface area contributed by atoms with Gasteiger partial charge in [-0.1, -0.05) is 53.5 Å². The van der Waals surface area contributed by atoms with E-state index < -0.39 is 10.0 Å². The van der Waals surface area contributed by atoms with Gasteiger partial charge < -0.3 is 5.32 Å². The number of carbonyl (C=O) groups is 1. The molecule has 5 rings (SSSR count). The standard InChI is InChI=1S/C29H37Cl2N3O3S/c30-26-15-14-25(20-27(26)31)38(36,37)34-18-6-9-24(34)19-28(35)32-23-12-10-22(11-13-23)29(33-16-4-5-17-33)21-7-2-1-3-8-21/h1-3,7-8,14-15,20,22-24,29H,4-6,9-13,16-19H2,(H,32,35). The zero-order chi connectivity index (χ0) is 26.7. The first-order chi connectivity index (χ1) is 18.3. The highest BCUT2D eigenvalue weighted by molar-refractivity contribution is 7.89. The quantitative estimate of drug-likeness (QED) is 0.414. The molecule has 2 saturated heterocycles. The van der Waals surface area contributed by atoms with E-state index in [9.17, 15) is 13.2 Å². The van der Waals surface area contributed by atoms with Crippen LogP contribution in [0.4, 0.5) is 0 Å². The number of nitrogens with zero attached hydrogens (tertiary/aromatic N) is 2. The van der Waals surface area contributed by atoms with Crippen molar-refractivity contribution >= 4 is 39.1 Å². The molecule has 2 aliphatic heterocycles. The van der Waals surface area contributed by atoms with Crippen LogP contribution in [0.5, 0.6) is 0 Å². The van der Waals surface area contributed by atoms with Gasteiger partial charge in [-0.25, -0.2) is 8.42 Å². The minimum atomic E-state index is -3.75. The number of hydrogen-bond donors (Lipinski definition) is 1. The maximum absolute atomic E-state index is 13.3. The van der Waals surface area contributed by atoms with Gasteiger partial charge in [0, 0.05) is 31.1 Å². The first-order valence-corrected chi connectivity index (χ1v) is 16.1. The summed E-state index contributed by atoms with van der Waals surface area (Å²) in [5.41, 5.74) is 1.41. The summed E-state index contributed by atoms with van der Waals surface area (Å²) in [6.45, 7) is 2.74. The van der Waals surface area contributed by atoms with E-state index in [4.69, 9.17) is 23.2 Å². The van der Waals surface area contributed by atoms with Gasteiger partial charge in [-0.05, 0) is 94.1 Å². The van der Waals surface area contributed by atoms with Gasteiger partial charge in [-0.2, -0.15) is 4.31 Å². The minimum Gasteiger partial charge on any atom is -0.353 e. The molecule has 3 fully saturated rings. The van der Waals surface area contributed by atoms with E-state index in [0.29, 0.717) is 29.9 Å². The van der Waals surface area contributed by atoms with Gasteiger partial charge in [0.05, 0.1) is 14.9 Å². The SMILES string of the molecule is O=C(CC1CCCN1S(=O)(=O)c1ccc(Cl)c(Cl)c1)NC1CCC(C(c2ccccc2)N2CCCC2)CC1. The van der Waals surface area contributed by atoms with Crippen LogP contribution in [0.2, 0.25) is 10.0 Å². The Bertz CT molecular complexity index is 1210. The van der Waals surface area contributed by atoms with Crippen LogP contribution in [-0.2, 0) is 14.8 Å². The summed E-state index contributed by atoms with van der Waals surface area (Å²) >= 11 is 12.1. The third-order valence-corrected chi connectivity index (χ3v) is 11.2. The number of carbonyl (C=O) groups excluding carboxylic acids is 1. The Hall–Kier alpha value is -1.64. The molecule has 206 valence electrons. The molecule has 2 unspecified atom stereocenters. The summed E-state index contributed by atoms with van der Waals surface area (Å²) in [7, 11) is -3.75. The number of benzene rings is 2. The fourth-order valence-corrected chi connectivity index (χ4v) is 8.72. The molecule has 2 heterocycles. The van der Waals surface area contributed by atoms with Gasteiger partial charge in [-0.15, -0.1) is 0 Å². The zero-order valence-electron chi connectivity index (χ0n) is 21.7. The molecule has 38 heavy (non-hydrogen) atoms. The van der Waals surface area contributed by atoms with E-state index in [2.05, 4.69) is 40.5 Å². The van der Waals surface area contributed by atoms with Crippen molar-refractivity contribution in [3.8, 4) is 0 Å². The summed E-state index contributed by atoms with van der Waals surface area (Å²) in [6, 6.07) is 15.5. The van der Waals surface area contributed by atoms with Crippen LogP contribution in [0, 0.1) is 5.92 Å². The van der Waals surface area contributed by atoms with Gasteiger partial charge in [0.25, 0.3) is 0 Å². The van der Waals surface area contributed by atoms with E-state index in [1.807, 2.05) is 0 Å². The third kappa shape index (κ3) is 6.23. The highest BCUT2D eigenvalue weighted by Crippen LogP contribution is 2.40. The molecule has 1 amide bonds. The van der Waals surface area contributed by atoms with Gasteiger partial charge in [0.1, 0.15) is 0 Å². The Balaban J connectivity index is 1.17. The Kier molecular flexibility index (Phi) is 9.00. The summed E-state index contributed by atoms with van der Waals surface area (Å²) in [6.07, 6.45) is 8.23. The molecule has 0 radical (unpaired) electrons. The summed E-state index contributed by atoms with van der Waals surface area (Å²) in [5.74, 6) is 0.527. The fraction of sp³-hybridized carbons (Fsp3) is 0.552. The molecule has 2 atom stereocenters. The first-order valence-electron chi connectivity index (χ1n) is 13.9. The summed E-state index contributed by atoms with van der Waals surface area (Å²) in [5, 5.41) is 3.75. The Morgan fingerprint density at radius 3 is 2.29 bits per heavy atom. The molecule has 2 aromatic carbocycles. The molecule has 6 nitrogen and oxygen atoms in total. The molecule has 0 aromatic heterocycles. The Morgan fingerprint density at radius 1 is 0.895 bits per heavy atom. The van der Waals surface area contributed by atoms with E-state index in [1.165, 1.54) is 54.0 Å². The average Bonchev–Trinajstić information content (AvgIpc) is 3.60. The molecule has 1 aliphatic carbocycles. The summed E-state index contributed by atoms with van der Waals surface area (Å²) < 4.78 is 28.1. The van der Waals surface area contributed by atoms with Crippen LogP contribution < -0.4 is 5.32 Å². The van der Waals surface area contributed by atoms with Crippen molar-refractivity contribution < 1.29 is 13.2 Å². The lowest BCUT2D eigenvalue weighted by molar-refractivity contribution is -0.122. The zero-order valence-corrected chi connectivity index (χ0v) is 24.0. The molecule has 9 heteroatoms. The van der Waals surface area contributed by atoms with E-state index >= 15 is 0 Å². The number of amides is 1. The van der Waals surface area contributed by atoms with Gasteiger partial charge in [0.15, 0.2) is 0 Å². The van der Waals surface area contributed by atoms with Crippen LogP contribution >= 0.6 is 23.2 Å². The van der Waals surface area contributed by atoms with Crippen LogP contribution in [0.3, 0.4) is 0 Å². The monoisotopic (exact) mass is 577 g/mol. The topological polar surface area (TPSA) is 69.7 Å². The highest BCUT2D eigenvalue weighted by atomic mass is 35.5. The lowest BCUT2D eigenvalue weighted by atomic mass is 9.78. The van der Waals surface area contributed by atoms with Gasteiger partial charge in [-0.3, -0.25) is 9.69 Å². The minimum absolute atomic E-state index is 0.0613. The van der Waals surface area contributed by atoms with E-state index in [0.717, 1.165) is 32.1 Å². The molecule has 1 N–H and O–H groups in total. The van der Waals surface area contributed by atoms with E-state index in [-0.39, 0.29) is 34.3 Å². The second kappa shape index (κ2) is 12.3. The van der Waals surface area contributed by atoms with Gasteiger partial charge >= 0.3 is 0 Å². The second-order valence-electron chi connectivity index (χ2n) is 11.0. The number of rotatable bonds is 8. The molecule has 0 bridgehead atoms. The number of nitrogens with one attached hydrogen (secondary N) is 1. The van der Waals surface area contributed by atoms with Crippen molar-refractivity contribution in [3.63, 3.8) is 0 Å². The van der Waals surface area contributed by atoms with Crippen molar-refractivity contribution in [2.45, 2.75) is 80.8 Å². The molecular formula is C29H37Cl2N3O3S. The van der Waals surface area contributed by atoms with Gasteiger partial charge in [0.2, 0.25) is 15.9 Å². The molecule has 3 aliphatic rings. The average molecular weight is 579 g/mol. The fourth-order valence-electron chi connectivity index (χ4n) is 6.63. The van der Waals surface area contributed by atoms with Crippen molar-refractivity contribution in [1.82, 2.24) is 14.5 Å². The van der Waals surface area contributed by atoms with Crippen molar-refractivity contribution in [2.24, 2.45) is 5.92 Å².